The molecule has 0 radical (unpaired) electrons. The zero-order chi connectivity index (χ0) is 17.1. The van der Waals surface area contributed by atoms with Crippen molar-refractivity contribution in [3.63, 3.8) is 0 Å². The number of carbonyl (C=O) groups excluding carboxylic acids is 1. The van der Waals surface area contributed by atoms with Gasteiger partial charge in [-0.25, -0.2) is 9.97 Å². The van der Waals surface area contributed by atoms with Crippen LogP contribution in [0.1, 0.15) is 28.9 Å². The van der Waals surface area contributed by atoms with Gasteiger partial charge in [0, 0.05) is 24.8 Å². The van der Waals surface area contributed by atoms with Crippen LogP contribution in [-0.4, -0.2) is 29.0 Å². The zero-order valence-corrected chi connectivity index (χ0v) is 14.0. The summed E-state index contributed by atoms with van der Waals surface area (Å²) >= 11 is 0. The molecule has 1 aliphatic heterocycles. The van der Waals surface area contributed by atoms with E-state index in [-0.39, 0.29) is 5.91 Å². The lowest BCUT2D eigenvalue weighted by Crippen LogP contribution is -2.25. The van der Waals surface area contributed by atoms with Gasteiger partial charge in [-0.3, -0.25) is 4.79 Å². The van der Waals surface area contributed by atoms with Crippen molar-refractivity contribution >= 4 is 22.6 Å². The Morgan fingerprint density at radius 2 is 1.84 bits per heavy atom. The first-order valence-corrected chi connectivity index (χ1v) is 8.63. The summed E-state index contributed by atoms with van der Waals surface area (Å²) in [5.41, 5.74) is 1.48. The monoisotopic (exact) mass is 332 g/mol. The predicted molar refractivity (Wildman–Crippen MR) is 98.6 cm³/mol. The highest BCUT2D eigenvalue weighted by Crippen LogP contribution is 2.17. The summed E-state index contributed by atoms with van der Waals surface area (Å²) in [6.07, 6.45) is 4.14. The Morgan fingerprint density at radius 1 is 1.04 bits per heavy atom. The number of rotatable bonds is 4. The molecule has 126 valence electrons. The fraction of sp³-hybridized carbons (Fsp3) is 0.250. The number of anilines is 1. The molecule has 0 bridgehead atoms. The SMILES string of the molecule is O=C(NCc1ccnc(N2CCCC2)n1)c1ccc2ccccc2c1. The molecule has 5 nitrogen and oxygen atoms in total. The maximum Gasteiger partial charge on any atom is 0.251 e. The van der Waals surface area contributed by atoms with E-state index in [1.165, 1.54) is 12.8 Å². The van der Waals surface area contributed by atoms with E-state index in [4.69, 9.17) is 0 Å². The van der Waals surface area contributed by atoms with Crippen molar-refractivity contribution in [1.29, 1.82) is 0 Å². The van der Waals surface area contributed by atoms with Crippen molar-refractivity contribution in [3.8, 4) is 0 Å². The highest BCUT2D eigenvalue weighted by atomic mass is 16.1. The lowest BCUT2D eigenvalue weighted by molar-refractivity contribution is 0.0950. The van der Waals surface area contributed by atoms with Crippen LogP contribution in [0.5, 0.6) is 0 Å². The minimum Gasteiger partial charge on any atom is -0.346 e. The third-order valence-electron chi connectivity index (χ3n) is 4.53. The van der Waals surface area contributed by atoms with E-state index in [0.717, 1.165) is 35.5 Å². The fourth-order valence-corrected chi connectivity index (χ4v) is 3.16. The Morgan fingerprint density at radius 3 is 2.68 bits per heavy atom. The molecule has 5 heteroatoms. The molecule has 0 atom stereocenters. The second kappa shape index (κ2) is 6.89. The van der Waals surface area contributed by atoms with Gasteiger partial charge in [0.05, 0.1) is 12.2 Å². The van der Waals surface area contributed by atoms with Gasteiger partial charge in [0.2, 0.25) is 5.95 Å². The largest absolute Gasteiger partial charge is 0.346 e. The van der Waals surface area contributed by atoms with Crippen LogP contribution in [0.2, 0.25) is 0 Å². The smallest absolute Gasteiger partial charge is 0.251 e. The van der Waals surface area contributed by atoms with Crippen LogP contribution in [-0.2, 0) is 6.54 Å². The van der Waals surface area contributed by atoms with E-state index >= 15 is 0 Å². The lowest BCUT2D eigenvalue weighted by atomic mass is 10.1. The van der Waals surface area contributed by atoms with Gasteiger partial charge in [-0.2, -0.15) is 0 Å². The molecule has 1 aliphatic rings. The molecule has 1 N–H and O–H groups in total. The molecular formula is C20H20N4O. The molecule has 1 amide bonds. The second-order valence-electron chi connectivity index (χ2n) is 6.29. The number of aromatic nitrogens is 2. The summed E-state index contributed by atoms with van der Waals surface area (Å²) in [5, 5.41) is 5.14. The van der Waals surface area contributed by atoms with Crippen molar-refractivity contribution in [3.05, 3.63) is 66.0 Å². The van der Waals surface area contributed by atoms with E-state index in [1.807, 2.05) is 48.5 Å². The lowest BCUT2D eigenvalue weighted by Gasteiger charge is -2.15. The quantitative estimate of drug-likeness (QED) is 0.797. The van der Waals surface area contributed by atoms with Gasteiger partial charge >= 0.3 is 0 Å². The van der Waals surface area contributed by atoms with Gasteiger partial charge in [-0.05, 0) is 41.8 Å². The van der Waals surface area contributed by atoms with E-state index in [1.54, 1.807) is 6.20 Å². The molecular weight excluding hydrogens is 312 g/mol. The number of amides is 1. The van der Waals surface area contributed by atoms with Crippen LogP contribution < -0.4 is 10.2 Å². The van der Waals surface area contributed by atoms with Crippen LogP contribution in [0.15, 0.2) is 54.7 Å². The number of nitrogens with zero attached hydrogens (tertiary/aromatic N) is 3. The van der Waals surface area contributed by atoms with Crippen LogP contribution in [0.4, 0.5) is 5.95 Å². The van der Waals surface area contributed by atoms with Gasteiger partial charge in [0.15, 0.2) is 0 Å². The van der Waals surface area contributed by atoms with Gasteiger partial charge in [-0.1, -0.05) is 30.3 Å². The molecule has 1 saturated heterocycles. The highest BCUT2D eigenvalue weighted by molar-refractivity contribution is 5.98. The zero-order valence-electron chi connectivity index (χ0n) is 14.0. The molecule has 0 aliphatic carbocycles. The van der Waals surface area contributed by atoms with Crippen LogP contribution in [0.25, 0.3) is 10.8 Å². The number of hydrogen-bond acceptors (Lipinski definition) is 4. The molecule has 0 spiro atoms. The molecule has 0 unspecified atom stereocenters. The maximum absolute atomic E-state index is 12.4. The molecule has 25 heavy (non-hydrogen) atoms. The van der Waals surface area contributed by atoms with Crippen LogP contribution in [0.3, 0.4) is 0 Å². The van der Waals surface area contributed by atoms with Gasteiger partial charge in [0.1, 0.15) is 0 Å². The van der Waals surface area contributed by atoms with Crippen molar-refractivity contribution < 1.29 is 4.79 Å². The van der Waals surface area contributed by atoms with E-state index in [0.29, 0.717) is 12.1 Å². The normalized spacial score (nSPS) is 14.0. The van der Waals surface area contributed by atoms with Crippen molar-refractivity contribution in [1.82, 2.24) is 15.3 Å². The Balaban J connectivity index is 1.45. The first kappa shape index (κ1) is 15.6. The minimum atomic E-state index is -0.0907. The van der Waals surface area contributed by atoms with Crippen molar-refractivity contribution in [2.24, 2.45) is 0 Å². The number of fused-ring (bicyclic) bond motifs is 1. The van der Waals surface area contributed by atoms with Gasteiger partial charge in [0.25, 0.3) is 5.91 Å². The van der Waals surface area contributed by atoms with Crippen LogP contribution in [0, 0.1) is 0 Å². The highest BCUT2D eigenvalue weighted by Gasteiger charge is 2.15. The molecule has 3 aromatic rings. The summed E-state index contributed by atoms with van der Waals surface area (Å²) in [6, 6.07) is 15.6. The Kier molecular flexibility index (Phi) is 4.29. The third-order valence-corrected chi connectivity index (χ3v) is 4.53. The Hall–Kier alpha value is -2.95. The Bertz CT molecular complexity index is 903. The standard InChI is InChI=1S/C20H20N4O/c25-19(17-8-7-15-5-1-2-6-16(15)13-17)22-14-18-9-10-21-20(23-18)24-11-3-4-12-24/h1-2,5-10,13H,3-4,11-12,14H2,(H,22,25). The number of carbonyl (C=O) groups is 1. The predicted octanol–water partition coefficient (Wildman–Crippen LogP) is 3.16. The molecule has 1 fully saturated rings. The van der Waals surface area contributed by atoms with E-state index in [9.17, 15) is 4.79 Å². The average Bonchev–Trinajstić information content (AvgIpc) is 3.21. The molecule has 2 heterocycles. The maximum atomic E-state index is 12.4. The van der Waals surface area contributed by atoms with Gasteiger partial charge < -0.3 is 10.2 Å². The summed E-state index contributed by atoms with van der Waals surface area (Å²) in [5.74, 6) is 0.669. The summed E-state index contributed by atoms with van der Waals surface area (Å²) < 4.78 is 0. The van der Waals surface area contributed by atoms with E-state index < -0.39 is 0 Å². The van der Waals surface area contributed by atoms with Crippen molar-refractivity contribution in [2.75, 3.05) is 18.0 Å². The average molecular weight is 332 g/mol. The second-order valence-corrected chi connectivity index (χ2v) is 6.29. The number of hydrogen-bond donors (Lipinski definition) is 1. The van der Waals surface area contributed by atoms with Gasteiger partial charge in [-0.15, -0.1) is 0 Å². The first-order valence-electron chi connectivity index (χ1n) is 8.63. The minimum absolute atomic E-state index is 0.0907. The summed E-state index contributed by atoms with van der Waals surface area (Å²) in [4.78, 5) is 23.5. The molecule has 0 saturated carbocycles. The topological polar surface area (TPSA) is 58.1 Å². The summed E-state index contributed by atoms with van der Waals surface area (Å²) in [7, 11) is 0. The number of nitrogens with one attached hydrogen (secondary N) is 1. The molecule has 4 rings (SSSR count). The molecule has 2 aromatic carbocycles. The molecule has 1 aromatic heterocycles. The van der Waals surface area contributed by atoms with Crippen molar-refractivity contribution in [2.45, 2.75) is 19.4 Å². The summed E-state index contributed by atoms with van der Waals surface area (Å²) in [6.45, 7) is 2.41. The fourth-order valence-electron chi connectivity index (χ4n) is 3.16. The number of benzene rings is 2. The Labute approximate surface area is 146 Å². The first-order chi connectivity index (χ1) is 12.3. The van der Waals surface area contributed by atoms with Crippen LogP contribution >= 0.6 is 0 Å². The van der Waals surface area contributed by atoms with E-state index in [2.05, 4.69) is 20.2 Å². The third kappa shape index (κ3) is 3.45.